The van der Waals surface area contributed by atoms with Crippen LogP contribution < -0.4 is 5.56 Å². The summed E-state index contributed by atoms with van der Waals surface area (Å²) in [7, 11) is -1.81. The van der Waals surface area contributed by atoms with Crippen LogP contribution in [0.3, 0.4) is 0 Å². The van der Waals surface area contributed by atoms with E-state index in [0.29, 0.717) is 18.4 Å². The average molecular weight is 569 g/mol. The standard InChI is InChI=1S/C24H29BrN2O7S/c1-15-9-11-18(12-10-15)35(31,32)26(14-20(28)33-3)13-19-21(24(30)34-4)16(2)22(25)23(29)27(19)17-7-5-6-8-17/h9-12,17H,5-8,13-14H2,1-4H3. The number of methoxy groups -OCH3 is 2. The molecule has 1 aliphatic carbocycles. The van der Waals surface area contributed by atoms with Gasteiger partial charge in [0.25, 0.3) is 5.56 Å². The lowest BCUT2D eigenvalue weighted by Crippen LogP contribution is -2.40. The molecule has 3 rings (SSSR count). The molecule has 2 aromatic rings. The highest BCUT2D eigenvalue weighted by atomic mass is 79.9. The number of hydrogen-bond donors (Lipinski definition) is 0. The molecule has 35 heavy (non-hydrogen) atoms. The third kappa shape index (κ3) is 5.52. The van der Waals surface area contributed by atoms with Crippen molar-refractivity contribution in [2.45, 2.75) is 57.0 Å². The van der Waals surface area contributed by atoms with Crippen LogP contribution in [0.5, 0.6) is 0 Å². The molecule has 11 heteroatoms. The van der Waals surface area contributed by atoms with Gasteiger partial charge >= 0.3 is 11.9 Å². The van der Waals surface area contributed by atoms with Gasteiger partial charge in [-0.3, -0.25) is 9.59 Å². The van der Waals surface area contributed by atoms with Crippen molar-refractivity contribution < 1.29 is 27.5 Å². The summed E-state index contributed by atoms with van der Waals surface area (Å²) < 4.78 is 39.6. The van der Waals surface area contributed by atoms with E-state index < -0.39 is 35.1 Å². The van der Waals surface area contributed by atoms with Crippen LogP contribution in [0.1, 0.15) is 58.9 Å². The van der Waals surface area contributed by atoms with Gasteiger partial charge < -0.3 is 14.0 Å². The monoisotopic (exact) mass is 568 g/mol. The van der Waals surface area contributed by atoms with Gasteiger partial charge in [0.1, 0.15) is 6.54 Å². The quantitative estimate of drug-likeness (QED) is 0.448. The van der Waals surface area contributed by atoms with E-state index in [1.54, 1.807) is 19.1 Å². The Morgan fingerprint density at radius 3 is 2.23 bits per heavy atom. The fraction of sp³-hybridized carbons (Fsp3) is 0.458. The van der Waals surface area contributed by atoms with Crippen LogP contribution >= 0.6 is 15.9 Å². The van der Waals surface area contributed by atoms with Crippen molar-refractivity contribution in [3.63, 3.8) is 0 Å². The van der Waals surface area contributed by atoms with Crippen molar-refractivity contribution in [1.82, 2.24) is 8.87 Å². The summed E-state index contributed by atoms with van der Waals surface area (Å²) in [5.74, 6) is -1.47. The van der Waals surface area contributed by atoms with E-state index >= 15 is 0 Å². The lowest BCUT2D eigenvalue weighted by molar-refractivity contribution is -0.140. The fourth-order valence-corrected chi connectivity index (χ4v) is 6.11. The van der Waals surface area contributed by atoms with Gasteiger partial charge in [0.15, 0.2) is 0 Å². The lowest BCUT2D eigenvalue weighted by Gasteiger charge is -2.28. The highest BCUT2D eigenvalue weighted by molar-refractivity contribution is 9.10. The number of benzene rings is 1. The van der Waals surface area contributed by atoms with E-state index in [9.17, 15) is 22.8 Å². The Hall–Kier alpha value is -2.50. The summed E-state index contributed by atoms with van der Waals surface area (Å²) in [6.45, 7) is 2.44. The van der Waals surface area contributed by atoms with Crippen molar-refractivity contribution in [3.8, 4) is 0 Å². The topological polar surface area (TPSA) is 112 Å². The second-order valence-corrected chi connectivity index (χ2v) is 11.3. The van der Waals surface area contributed by atoms with Gasteiger partial charge in [0.05, 0.1) is 41.4 Å². The minimum absolute atomic E-state index is 0.0183. The number of pyridine rings is 1. The Balaban J connectivity index is 2.26. The van der Waals surface area contributed by atoms with Crippen LogP contribution in [0.4, 0.5) is 0 Å². The molecule has 1 aromatic carbocycles. The van der Waals surface area contributed by atoms with Crippen LogP contribution in [-0.2, 0) is 30.8 Å². The van der Waals surface area contributed by atoms with Crippen LogP contribution in [0.15, 0.2) is 38.4 Å². The first-order valence-corrected chi connectivity index (χ1v) is 13.4. The predicted molar refractivity (Wildman–Crippen MR) is 133 cm³/mol. The van der Waals surface area contributed by atoms with Crippen LogP contribution in [0.2, 0.25) is 0 Å². The third-order valence-electron chi connectivity index (χ3n) is 6.29. The van der Waals surface area contributed by atoms with Gasteiger partial charge in [-0.15, -0.1) is 0 Å². The molecule has 1 aromatic heterocycles. The molecule has 0 atom stereocenters. The second-order valence-electron chi connectivity index (χ2n) is 8.53. The van der Waals surface area contributed by atoms with Crippen molar-refractivity contribution >= 4 is 37.9 Å². The highest BCUT2D eigenvalue weighted by Crippen LogP contribution is 2.33. The first-order chi connectivity index (χ1) is 16.5. The van der Waals surface area contributed by atoms with E-state index in [0.717, 1.165) is 29.8 Å². The van der Waals surface area contributed by atoms with E-state index in [1.165, 1.54) is 23.8 Å². The number of carbonyl (C=O) groups is 2. The Morgan fingerprint density at radius 1 is 1.09 bits per heavy atom. The van der Waals surface area contributed by atoms with Gasteiger partial charge in [-0.25, -0.2) is 13.2 Å². The number of carbonyl (C=O) groups excluding carboxylic acids is 2. The molecule has 0 aliphatic heterocycles. The van der Waals surface area contributed by atoms with Gasteiger partial charge in [-0.1, -0.05) is 30.5 Å². The molecule has 0 bridgehead atoms. The SMILES string of the molecule is COC(=O)CN(Cc1c(C(=O)OC)c(C)c(Br)c(=O)n1C1CCCC1)S(=O)(=O)c1ccc(C)cc1. The number of hydrogen-bond acceptors (Lipinski definition) is 7. The number of halogens is 1. The molecule has 1 heterocycles. The van der Waals surface area contributed by atoms with Gasteiger partial charge in [-0.05, 0) is 60.3 Å². The molecule has 0 unspecified atom stereocenters. The molecule has 0 amide bonds. The smallest absolute Gasteiger partial charge is 0.340 e. The van der Waals surface area contributed by atoms with Crippen molar-refractivity contribution in [3.05, 3.63) is 61.5 Å². The van der Waals surface area contributed by atoms with Crippen molar-refractivity contribution in [1.29, 1.82) is 0 Å². The number of aryl methyl sites for hydroxylation is 1. The van der Waals surface area contributed by atoms with Gasteiger partial charge in [0, 0.05) is 6.04 Å². The minimum atomic E-state index is -4.19. The summed E-state index contributed by atoms with van der Waals surface area (Å²) >= 11 is 3.31. The maximum absolute atomic E-state index is 13.6. The molecular formula is C24H29BrN2O7S. The average Bonchev–Trinajstić information content (AvgIpc) is 3.36. The number of sulfonamides is 1. The minimum Gasteiger partial charge on any atom is -0.468 e. The second kappa shape index (κ2) is 11.0. The maximum Gasteiger partial charge on any atom is 0.340 e. The number of esters is 2. The zero-order valence-electron chi connectivity index (χ0n) is 20.2. The molecule has 0 N–H and O–H groups in total. The Morgan fingerprint density at radius 2 is 1.69 bits per heavy atom. The number of ether oxygens (including phenoxy) is 2. The molecule has 9 nitrogen and oxygen atoms in total. The molecule has 1 aliphatic rings. The van der Waals surface area contributed by atoms with E-state index in [1.807, 2.05) is 6.92 Å². The molecule has 0 spiro atoms. The predicted octanol–water partition coefficient (Wildman–Crippen LogP) is 3.49. The van der Waals surface area contributed by atoms with E-state index in [-0.39, 0.29) is 32.2 Å². The third-order valence-corrected chi connectivity index (χ3v) is 9.03. The maximum atomic E-state index is 13.6. The summed E-state index contributed by atoms with van der Waals surface area (Å²) in [5, 5.41) is 0. The first-order valence-electron chi connectivity index (χ1n) is 11.2. The van der Waals surface area contributed by atoms with E-state index in [4.69, 9.17) is 9.47 Å². The number of rotatable bonds is 8. The Kier molecular flexibility index (Phi) is 8.55. The first kappa shape index (κ1) is 27.1. The molecular weight excluding hydrogens is 540 g/mol. The molecule has 190 valence electrons. The fourth-order valence-electron chi connectivity index (χ4n) is 4.37. The van der Waals surface area contributed by atoms with Crippen molar-refractivity contribution in [2.75, 3.05) is 20.8 Å². The molecule has 1 fully saturated rings. The van der Waals surface area contributed by atoms with Gasteiger partial charge in [0.2, 0.25) is 10.0 Å². The molecule has 0 saturated heterocycles. The zero-order chi connectivity index (χ0) is 25.9. The highest BCUT2D eigenvalue weighted by Gasteiger charge is 2.34. The number of aromatic nitrogens is 1. The van der Waals surface area contributed by atoms with Crippen molar-refractivity contribution in [2.24, 2.45) is 0 Å². The Labute approximate surface area is 213 Å². The Bertz CT molecular complexity index is 1280. The summed E-state index contributed by atoms with van der Waals surface area (Å²) in [5.41, 5.74) is 1.14. The van der Waals surface area contributed by atoms with E-state index in [2.05, 4.69) is 15.9 Å². The zero-order valence-corrected chi connectivity index (χ0v) is 22.6. The normalized spacial score (nSPS) is 14.3. The number of nitrogens with zero attached hydrogens (tertiary/aromatic N) is 2. The summed E-state index contributed by atoms with van der Waals surface area (Å²) in [4.78, 5) is 38.5. The van der Waals surface area contributed by atoms with Crippen LogP contribution in [0, 0.1) is 13.8 Å². The lowest BCUT2D eigenvalue weighted by atomic mass is 10.0. The van der Waals surface area contributed by atoms with Crippen LogP contribution in [0.25, 0.3) is 0 Å². The summed E-state index contributed by atoms with van der Waals surface area (Å²) in [6.07, 6.45) is 3.24. The van der Waals surface area contributed by atoms with Gasteiger partial charge in [-0.2, -0.15) is 4.31 Å². The molecule has 0 radical (unpaired) electrons. The van der Waals surface area contributed by atoms with Crippen LogP contribution in [-0.4, -0.2) is 50.0 Å². The summed E-state index contributed by atoms with van der Waals surface area (Å²) in [6, 6.07) is 6.00. The molecule has 1 saturated carbocycles. The largest absolute Gasteiger partial charge is 0.468 e.